The van der Waals surface area contributed by atoms with Gasteiger partial charge in [0.15, 0.2) is 0 Å². The maximum absolute atomic E-state index is 10.5. The van der Waals surface area contributed by atoms with E-state index in [2.05, 4.69) is 22.1 Å². The molecule has 1 aromatic carbocycles. The quantitative estimate of drug-likeness (QED) is 0.885. The number of hydrogen-bond donors (Lipinski definition) is 1. The molecule has 0 amide bonds. The number of benzene rings is 1. The van der Waals surface area contributed by atoms with Crippen molar-refractivity contribution in [2.75, 3.05) is 20.2 Å². The van der Waals surface area contributed by atoms with Crippen molar-refractivity contribution in [3.8, 4) is 5.75 Å². The van der Waals surface area contributed by atoms with E-state index in [1.54, 1.807) is 18.0 Å². The van der Waals surface area contributed by atoms with E-state index >= 15 is 0 Å². The standard InChI is InChI=1S/C19H27N3O2/c1-24-18-9-7-16(8-10-18)19-6-3-2-4-12-21(19)14-17(23)15-22-13-5-11-20-22/h5,7-11,13,17,19,23H,2-4,6,12,14-15H2,1H3/t17-,19-/m0/s1. The fourth-order valence-electron chi connectivity index (χ4n) is 3.54. The first-order chi connectivity index (χ1) is 11.8. The minimum absolute atomic E-state index is 0.366. The summed E-state index contributed by atoms with van der Waals surface area (Å²) in [6, 6.07) is 10.6. The molecule has 1 aliphatic rings. The smallest absolute Gasteiger partial charge is 0.118 e. The Kier molecular flexibility index (Phi) is 5.88. The number of nitrogens with zero attached hydrogens (tertiary/aromatic N) is 3. The summed E-state index contributed by atoms with van der Waals surface area (Å²) in [4.78, 5) is 2.43. The molecule has 0 radical (unpaired) electrons. The summed E-state index contributed by atoms with van der Waals surface area (Å²) in [5, 5.41) is 14.7. The van der Waals surface area contributed by atoms with E-state index in [4.69, 9.17) is 4.74 Å². The summed E-state index contributed by atoms with van der Waals surface area (Å²) >= 11 is 0. The molecule has 0 bridgehead atoms. The van der Waals surface area contributed by atoms with Crippen molar-refractivity contribution in [3.05, 3.63) is 48.3 Å². The lowest BCUT2D eigenvalue weighted by molar-refractivity contribution is 0.0737. The Morgan fingerprint density at radius 3 is 2.75 bits per heavy atom. The zero-order chi connectivity index (χ0) is 16.8. The van der Waals surface area contributed by atoms with Crippen LogP contribution in [0.15, 0.2) is 42.7 Å². The third-order valence-electron chi connectivity index (χ3n) is 4.77. The Morgan fingerprint density at radius 2 is 2.04 bits per heavy atom. The molecule has 1 N–H and O–H groups in total. The fraction of sp³-hybridized carbons (Fsp3) is 0.526. The van der Waals surface area contributed by atoms with Crippen molar-refractivity contribution >= 4 is 0 Å². The molecule has 5 heteroatoms. The second kappa shape index (κ2) is 8.31. The van der Waals surface area contributed by atoms with Gasteiger partial charge in [-0.1, -0.05) is 25.0 Å². The van der Waals surface area contributed by atoms with Crippen LogP contribution in [-0.4, -0.2) is 46.1 Å². The summed E-state index contributed by atoms with van der Waals surface area (Å²) in [5.74, 6) is 0.887. The van der Waals surface area contributed by atoms with Gasteiger partial charge in [0, 0.05) is 25.0 Å². The molecule has 5 nitrogen and oxygen atoms in total. The topological polar surface area (TPSA) is 50.5 Å². The van der Waals surface area contributed by atoms with E-state index in [9.17, 15) is 5.11 Å². The van der Waals surface area contributed by atoms with E-state index in [-0.39, 0.29) is 0 Å². The SMILES string of the molecule is COc1ccc([C@@H]2CCCCCN2C[C@H](O)Cn2cccn2)cc1. The van der Waals surface area contributed by atoms with Gasteiger partial charge in [-0.3, -0.25) is 9.58 Å². The van der Waals surface area contributed by atoms with Crippen molar-refractivity contribution in [1.29, 1.82) is 0 Å². The Hall–Kier alpha value is -1.85. The molecule has 2 atom stereocenters. The van der Waals surface area contributed by atoms with Crippen LogP contribution in [0.25, 0.3) is 0 Å². The van der Waals surface area contributed by atoms with Crippen LogP contribution in [0.1, 0.15) is 37.3 Å². The van der Waals surface area contributed by atoms with Crippen LogP contribution in [0.2, 0.25) is 0 Å². The monoisotopic (exact) mass is 329 g/mol. The third kappa shape index (κ3) is 4.36. The molecular formula is C19H27N3O2. The first-order valence-corrected chi connectivity index (χ1v) is 8.80. The van der Waals surface area contributed by atoms with Gasteiger partial charge in [0.05, 0.1) is 19.8 Å². The van der Waals surface area contributed by atoms with Crippen LogP contribution >= 0.6 is 0 Å². The number of likely N-dealkylation sites (tertiary alicyclic amines) is 1. The molecule has 3 rings (SSSR count). The highest BCUT2D eigenvalue weighted by molar-refractivity contribution is 5.29. The lowest BCUT2D eigenvalue weighted by Crippen LogP contribution is -2.37. The molecule has 1 aromatic heterocycles. The van der Waals surface area contributed by atoms with Crippen molar-refractivity contribution in [1.82, 2.24) is 14.7 Å². The van der Waals surface area contributed by atoms with Crippen LogP contribution in [-0.2, 0) is 6.54 Å². The number of β-amino-alcohol motifs (C(OH)–C–C–N with tert-alkyl or cyclic N) is 1. The predicted molar refractivity (Wildman–Crippen MR) is 94.0 cm³/mol. The van der Waals surface area contributed by atoms with E-state index in [0.29, 0.717) is 19.1 Å². The first-order valence-electron chi connectivity index (χ1n) is 8.80. The zero-order valence-corrected chi connectivity index (χ0v) is 14.3. The average Bonchev–Trinajstić information content (AvgIpc) is 3.00. The maximum Gasteiger partial charge on any atom is 0.118 e. The van der Waals surface area contributed by atoms with Gasteiger partial charge < -0.3 is 9.84 Å². The molecule has 24 heavy (non-hydrogen) atoms. The molecule has 0 unspecified atom stereocenters. The van der Waals surface area contributed by atoms with Crippen molar-refractivity contribution in [2.45, 2.75) is 44.4 Å². The Morgan fingerprint density at radius 1 is 1.21 bits per heavy atom. The molecule has 130 valence electrons. The Bertz CT molecular complexity index is 598. The number of methoxy groups -OCH3 is 1. The molecule has 2 aromatic rings. The van der Waals surface area contributed by atoms with Gasteiger partial charge in [0.2, 0.25) is 0 Å². The number of aliphatic hydroxyl groups excluding tert-OH is 1. The summed E-state index contributed by atoms with van der Waals surface area (Å²) in [6.45, 7) is 2.25. The Balaban J connectivity index is 1.69. The second-order valence-corrected chi connectivity index (χ2v) is 6.52. The van der Waals surface area contributed by atoms with E-state index in [1.165, 1.54) is 24.8 Å². The summed E-state index contributed by atoms with van der Waals surface area (Å²) < 4.78 is 7.06. The largest absolute Gasteiger partial charge is 0.497 e. The van der Waals surface area contributed by atoms with Crippen LogP contribution in [0.5, 0.6) is 5.75 Å². The van der Waals surface area contributed by atoms with Gasteiger partial charge in [-0.15, -0.1) is 0 Å². The van der Waals surface area contributed by atoms with E-state index in [1.807, 2.05) is 24.4 Å². The summed E-state index contributed by atoms with van der Waals surface area (Å²) in [6.07, 6.45) is 8.07. The average molecular weight is 329 g/mol. The van der Waals surface area contributed by atoms with Crippen molar-refractivity contribution in [2.24, 2.45) is 0 Å². The zero-order valence-electron chi connectivity index (χ0n) is 14.3. The van der Waals surface area contributed by atoms with Gasteiger partial charge in [-0.05, 0) is 43.1 Å². The molecule has 1 saturated heterocycles. The molecule has 0 saturated carbocycles. The molecule has 0 aliphatic carbocycles. The predicted octanol–water partition coefficient (Wildman–Crippen LogP) is 2.87. The summed E-state index contributed by atoms with van der Waals surface area (Å²) in [5.41, 5.74) is 1.31. The van der Waals surface area contributed by atoms with Crippen molar-refractivity contribution < 1.29 is 9.84 Å². The van der Waals surface area contributed by atoms with E-state index < -0.39 is 6.10 Å². The van der Waals surface area contributed by atoms with Gasteiger partial charge in [-0.2, -0.15) is 5.10 Å². The van der Waals surface area contributed by atoms with Gasteiger partial charge in [0.25, 0.3) is 0 Å². The number of rotatable bonds is 6. The number of aliphatic hydroxyl groups is 1. The number of hydrogen-bond acceptors (Lipinski definition) is 4. The number of ether oxygens (including phenoxy) is 1. The minimum Gasteiger partial charge on any atom is -0.497 e. The van der Waals surface area contributed by atoms with Crippen LogP contribution in [0.3, 0.4) is 0 Å². The normalized spacial score (nSPS) is 20.5. The molecular weight excluding hydrogens is 302 g/mol. The Labute approximate surface area is 143 Å². The highest BCUT2D eigenvalue weighted by Crippen LogP contribution is 2.31. The summed E-state index contributed by atoms with van der Waals surface area (Å²) in [7, 11) is 1.69. The fourth-order valence-corrected chi connectivity index (χ4v) is 3.54. The molecule has 2 heterocycles. The number of aromatic nitrogens is 2. The minimum atomic E-state index is -0.413. The highest BCUT2D eigenvalue weighted by atomic mass is 16.5. The molecule has 1 aliphatic heterocycles. The maximum atomic E-state index is 10.5. The van der Waals surface area contributed by atoms with Crippen LogP contribution < -0.4 is 4.74 Å². The lowest BCUT2D eigenvalue weighted by atomic mass is 10.0. The lowest BCUT2D eigenvalue weighted by Gasteiger charge is -2.32. The second-order valence-electron chi connectivity index (χ2n) is 6.52. The van der Waals surface area contributed by atoms with Crippen molar-refractivity contribution in [3.63, 3.8) is 0 Å². The third-order valence-corrected chi connectivity index (χ3v) is 4.77. The van der Waals surface area contributed by atoms with Gasteiger partial charge >= 0.3 is 0 Å². The molecule has 0 spiro atoms. The van der Waals surface area contributed by atoms with Gasteiger partial charge in [0.1, 0.15) is 5.75 Å². The van der Waals surface area contributed by atoms with Gasteiger partial charge in [-0.25, -0.2) is 0 Å². The van der Waals surface area contributed by atoms with E-state index in [0.717, 1.165) is 18.7 Å². The first kappa shape index (κ1) is 17.0. The molecule has 1 fully saturated rings. The highest BCUT2D eigenvalue weighted by Gasteiger charge is 2.24. The van der Waals surface area contributed by atoms with Crippen LogP contribution in [0.4, 0.5) is 0 Å². The van der Waals surface area contributed by atoms with Crippen LogP contribution in [0, 0.1) is 0 Å².